The number of pyridine rings is 1. The van der Waals surface area contributed by atoms with Crippen molar-refractivity contribution >= 4 is 22.6 Å². The van der Waals surface area contributed by atoms with Crippen molar-refractivity contribution in [3.63, 3.8) is 0 Å². The van der Waals surface area contributed by atoms with Gasteiger partial charge in [-0.25, -0.2) is 4.39 Å². The minimum absolute atomic E-state index is 0.138. The molecule has 0 amide bonds. The van der Waals surface area contributed by atoms with Crippen LogP contribution in [0.3, 0.4) is 0 Å². The van der Waals surface area contributed by atoms with E-state index in [1.165, 1.54) is 6.07 Å². The van der Waals surface area contributed by atoms with E-state index in [1.807, 2.05) is 6.92 Å². The number of rotatable bonds is 1. The molecule has 0 aliphatic heterocycles. The Labute approximate surface area is 72.8 Å². The highest BCUT2D eigenvalue weighted by Crippen LogP contribution is 2.21. The minimum Gasteiger partial charge on any atom is -0.257 e. The van der Waals surface area contributed by atoms with E-state index in [2.05, 4.69) is 27.6 Å². The van der Waals surface area contributed by atoms with Crippen LogP contribution in [-0.2, 0) is 0 Å². The summed E-state index contributed by atoms with van der Waals surface area (Å²) in [5.41, 5.74) is 0.531. The van der Waals surface area contributed by atoms with Crippen molar-refractivity contribution in [2.45, 2.75) is 10.8 Å². The van der Waals surface area contributed by atoms with Crippen LogP contribution in [0.2, 0.25) is 0 Å². The molecule has 0 radical (unpaired) electrons. The Hall–Kier alpha value is -0.190. The molecule has 1 nitrogen and oxygen atoms in total. The molecular formula is C7H7FIN. The smallest absolute Gasteiger partial charge is 0.145 e. The second kappa shape index (κ2) is 3.27. The number of hydrogen-bond donors (Lipinski definition) is 0. The highest BCUT2D eigenvalue weighted by molar-refractivity contribution is 14.1. The Balaban J connectivity index is 3.03. The van der Waals surface area contributed by atoms with Gasteiger partial charge in [-0.05, 0) is 19.1 Å². The lowest BCUT2D eigenvalue weighted by Crippen LogP contribution is -1.92. The molecule has 0 spiro atoms. The first-order valence-electron chi connectivity index (χ1n) is 2.96. The Kier molecular flexibility index (Phi) is 2.59. The third-order valence-electron chi connectivity index (χ3n) is 1.16. The number of hydrogen-bond acceptors (Lipinski definition) is 1. The van der Waals surface area contributed by atoms with Gasteiger partial charge in [-0.15, -0.1) is 0 Å². The summed E-state index contributed by atoms with van der Waals surface area (Å²) in [5.74, 6) is -0.218. The Bertz CT molecular complexity index is 225. The van der Waals surface area contributed by atoms with E-state index in [1.54, 1.807) is 12.3 Å². The summed E-state index contributed by atoms with van der Waals surface area (Å²) in [6.07, 6.45) is 1.60. The molecule has 1 atom stereocenters. The molecule has 0 N–H and O–H groups in total. The molecule has 1 aromatic rings. The van der Waals surface area contributed by atoms with Crippen molar-refractivity contribution < 1.29 is 4.39 Å². The van der Waals surface area contributed by atoms with E-state index in [0.29, 0.717) is 5.69 Å². The number of alkyl halides is 1. The van der Waals surface area contributed by atoms with Crippen molar-refractivity contribution in [3.8, 4) is 0 Å². The number of halogens is 2. The Morgan fingerprint density at radius 2 is 2.40 bits per heavy atom. The SMILES string of the molecule is CC(I)c1ncccc1F. The molecule has 0 saturated carbocycles. The molecule has 0 aromatic carbocycles. The van der Waals surface area contributed by atoms with Gasteiger partial charge in [0.2, 0.25) is 0 Å². The molecule has 54 valence electrons. The molecule has 0 aliphatic rings. The van der Waals surface area contributed by atoms with Crippen molar-refractivity contribution in [1.82, 2.24) is 4.98 Å². The average molecular weight is 251 g/mol. The highest BCUT2D eigenvalue weighted by atomic mass is 127. The maximum Gasteiger partial charge on any atom is 0.145 e. The van der Waals surface area contributed by atoms with Gasteiger partial charge in [0.15, 0.2) is 0 Å². The van der Waals surface area contributed by atoms with E-state index in [0.717, 1.165) is 0 Å². The molecule has 0 aliphatic carbocycles. The zero-order valence-electron chi connectivity index (χ0n) is 5.51. The summed E-state index contributed by atoms with van der Waals surface area (Å²) >= 11 is 2.13. The number of aromatic nitrogens is 1. The van der Waals surface area contributed by atoms with Crippen molar-refractivity contribution in [3.05, 3.63) is 29.8 Å². The second-order valence-corrected chi connectivity index (χ2v) is 3.85. The molecule has 0 bridgehead atoms. The molecular weight excluding hydrogens is 244 g/mol. The summed E-state index contributed by atoms with van der Waals surface area (Å²) in [4.78, 5) is 3.90. The molecule has 0 saturated heterocycles. The summed E-state index contributed by atoms with van der Waals surface area (Å²) < 4.78 is 12.9. The van der Waals surface area contributed by atoms with Gasteiger partial charge in [0.1, 0.15) is 5.82 Å². The summed E-state index contributed by atoms with van der Waals surface area (Å²) in [6.45, 7) is 1.91. The van der Waals surface area contributed by atoms with Crippen molar-refractivity contribution in [2.75, 3.05) is 0 Å². The quantitative estimate of drug-likeness (QED) is 0.552. The third-order valence-corrected chi connectivity index (χ3v) is 1.75. The van der Waals surface area contributed by atoms with E-state index in [9.17, 15) is 4.39 Å². The van der Waals surface area contributed by atoms with Crippen LogP contribution in [0.25, 0.3) is 0 Å². The third kappa shape index (κ3) is 1.65. The molecule has 1 rings (SSSR count). The average Bonchev–Trinajstić information content (AvgIpc) is 1.88. The molecule has 10 heavy (non-hydrogen) atoms. The second-order valence-electron chi connectivity index (χ2n) is 1.99. The highest BCUT2D eigenvalue weighted by Gasteiger charge is 2.06. The molecule has 1 aromatic heterocycles. The lowest BCUT2D eigenvalue weighted by molar-refractivity contribution is 0.602. The number of nitrogens with zero attached hydrogens (tertiary/aromatic N) is 1. The monoisotopic (exact) mass is 251 g/mol. The zero-order chi connectivity index (χ0) is 7.56. The first-order valence-corrected chi connectivity index (χ1v) is 4.21. The topological polar surface area (TPSA) is 12.9 Å². The molecule has 0 fully saturated rings. The van der Waals surface area contributed by atoms with Crippen molar-refractivity contribution in [2.24, 2.45) is 0 Å². The first kappa shape index (κ1) is 7.91. The maximum atomic E-state index is 12.8. The summed E-state index contributed by atoms with van der Waals surface area (Å²) in [7, 11) is 0. The van der Waals surface area contributed by atoms with Gasteiger partial charge in [0.05, 0.1) is 9.62 Å². The fraction of sp³-hybridized carbons (Fsp3) is 0.286. The van der Waals surface area contributed by atoms with Gasteiger partial charge >= 0.3 is 0 Å². The van der Waals surface area contributed by atoms with Crippen LogP contribution in [0, 0.1) is 5.82 Å². The van der Waals surface area contributed by atoms with Gasteiger partial charge < -0.3 is 0 Å². The predicted molar refractivity (Wildman–Crippen MR) is 46.6 cm³/mol. The van der Waals surface area contributed by atoms with Crippen LogP contribution < -0.4 is 0 Å². The summed E-state index contributed by atoms with van der Waals surface area (Å²) in [6, 6.07) is 3.02. The lowest BCUT2D eigenvalue weighted by Gasteiger charge is -2.01. The van der Waals surface area contributed by atoms with Gasteiger partial charge in [-0.3, -0.25) is 4.98 Å². The van der Waals surface area contributed by atoms with Crippen LogP contribution in [-0.4, -0.2) is 4.98 Å². The van der Waals surface area contributed by atoms with Gasteiger partial charge in [-0.1, -0.05) is 22.6 Å². The van der Waals surface area contributed by atoms with Gasteiger partial charge in [0, 0.05) is 6.20 Å². The standard InChI is InChI=1S/C7H7FIN/c1-5(9)7-6(8)3-2-4-10-7/h2-5H,1H3. The van der Waals surface area contributed by atoms with Crippen LogP contribution in [0.5, 0.6) is 0 Å². The fourth-order valence-corrected chi connectivity index (χ4v) is 1.15. The first-order chi connectivity index (χ1) is 4.72. The molecule has 1 heterocycles. The minimum atomic E-state index is -0.218. The molecule has 3 heteroatoms. The Morgan fingerprint density at radius 1 is 1.70 bits per heavy atom. The lowest BCUT2D eigenvalue weighted by atomic mass is 10.3. The van der Waals surface area contributed by atoms with Gasteiger partial charge in [-0.2, -0.15) is 0 Å². The van der Waals surface area contributed by atoms with Crippen LogP contribution in [0.4, 0.5) is 4.39 Å². The largest absolute Gasteiger partial charge is 0.257 e. The van der Waals surface area contributed by atoms with Crippen LogP contribution >= 0.6 is 22.6 Å². The fourth-order valence-electron chi connectivity index (χ4n) is 0.691. The van der Waals surface area contributed by atoms with Crippen molar-refractivity contribution in [1.29, 1.82) is 0 Å². The molecule has 1 unspecified atom stereocenters. The zero-order valence-corrected chi connectivity index (χ0v) is 7.67. The van der Waals surface area contributed by atoms with E-state index in [4.69, 9.17) is 0 Å². The van der Waals surface area contributed by atoms with E-state index < -0.39 is 0 Å². The van der Waals surface area contributed by atoms with Crippen LogP contribution in [0.15, 0.2) is 18.3 Å². The normalized spacial score (nSPS) is 13.1. The van der Waals surface area contributed by atoms with E-state index >= 15 is 0 Å². The van der Waals surface area contributed by atoms with Gasteiger partial charge in [0.25, 0.3) is 0 Å². The van der Waals surface area contributed by atoms with E-state index in [-0.39, 0.29) is 9.74 Å². The maximum absolute atomic E-state index is 12.8. The van der Waals surface area contributed by atoms with Crippen LogP contribution in [0.1, 0.15) is 16.5 Å². The predicted octanol–water partition coefficient (Wildman–Crippen LogP) is 2.72. The summed E-state index contributed by atoms with van der Waals surface area (Å²) in [5, 5.41) is 0. The Morgan fingerprint density at radius 3 is 2.80 bits per heavy atom.